The first-order valence-corrected chi connectivity index (χ1v) is 7.43. The van der Waals surface area contributed by atoms with Crippen LogP contribution in [0, 0.1) is 29.1 Å². The number of fused-ring (bicyclic) bond motifs is 1. The van der Waals surface area contributed by atoms with E-state index in [1.807, 2.05) is 6.92 Å². The molecule has 0 spiro atoms. The van der Waals surface area contributed by atoms with E-state index in [0.717, 1.165) is 12.8 Å². The van der Waals surface area contributed by atoms with E-state index in [1.54, 1.807) is 0 Å². The number of rotatable bonds is 3. The van der Waals surface area contributed by atoms with Gasteiger partial charge in [-0.25, -0.2) is 0 Å². The molecular weight excluding hydrogens is 240 g/mol. The summed E-state index contributed by atoms with van der Waals surface area (Å²) in [7, 11) is 0. The molecule has 2 rings (SSSR count). The van der Waals surface area contributed by atoms with Gasteiger partial charge in [-0.05, 0) is 30.6 Å². The Bertz CT molecular complexity index is 376. The third-order valence-electron chi connectivity index (χ3n) is 5.65. The Balaban J connectivity index is 2.33. The Morgan fingerprint density at radius 1 is 1.32 bits per heavy atom. The molecule has 0 amide bonds. The highest BCUT2D eigenvalue weighted by molar-refractivity contribution is 5.85. The van der Waals surface area contributed by atoms with Crippen molar-refractivity contribution in [2.75, 3.05) is 6.61 Å². The summed E-state index contributed by atoms with van der Waals surface area (Å²) in [6.07, 6.45) is 6.05. The van der Waals surface area contributed by atoms with E-state index < -0.39 is 5.41 Å². The molecule has 1 fully saturated rings. The average molecular weight is 266 g/mol. The lowest BCUT2D eigenvalue weighted by molar-refractivity contribution is -0.140. The highest BCUT2D eigenvalue weighted by atomic mass is 16.3. The lowest BCUT2D eigenvalue weighted by atomic mass is 9.53. The number of hydrogen-bond acceptors (Lipinski definition) is 3. The molecule has 19 heavy (non-hydrogen) atoms. The molecule has 2 aliphatic rings. The van der Waals surface area contributed by atoms with Gasteiger partial charge >= 0.3 is 0 Å². The molecule has 0 aromatic heterocycles. The zero-order valence-electron chi connectivity index (χ0n) is 12.2. The number of carbonyl (C=O) groups excluding carboxylic acids is 1. The number of hydrogen-bond donors (Lipinski definition) is 2. The van der Waals surface area contributed by atoms with E-state index in [-0.39, 0.29) is 42.7 Å². The predicted molar refractivity (Wildman–Crippen MR) is 74.5 cm³/mol. The molecule has 1 saturated carbocycles. The summed E-state index contributed by atoms with van der Waals surface area (Å²) in [5.74, 6) is 0.916. The maximum atomic E-state index is 12.5. The van der Waals surface area contributed by atoms with Crippen LogP contribution in [0.2, 0.25) is 0 Å². The highest BCUT2D eigenvalue weighted by Gasteiger charge is 2.52. The molecule has 0 aliphatic heterocycles. The maximum absolute atomic E-state index is 12.5. The molecule has 0 aromatic carbocycles. The number of carbonyl (C=O) groups is 1. The molecule has 2 aliphatic carbocycles. The number of aliphatic hydroxyl groups is 2. The van der Waals surface area contributed by atoms with Crippen molar-refractivity contribution in [3.63, 3.8) is 0 Å². The van der Waals surface area contributed by atoms with E-state index in [0.29, 0.717) is 5.92 Å². The number of ketones is 1. The molecule has 0 bridgehead atoms. The minimum atomic E-state index is -0.441. The molecular formula is C16H26O3. The second-order valence-electron chi connectivity index (χ2n) is 6.58. The van der Waals surface area contributed by atoms with Gasteiger partial charge in [-0.3, -0.25) is 4.79 Å². The summed E-state index contributed by atoms with van der Waals surface area (Å²) in [6.45, 7) is 6.10. The van der Waals surface area contributed by atoms with Gasteiger partial charge in [-0.2, -0.15) is 0 Å². The van der Waals surface area contributed by atoms with Crippen molar-refractivity contribution in [1.29, 1.82) is 0 Å². The van der Waals surface area contributed by atoms with Gasteiger partial charge in [0.05, 0.1) is 6.10 Å². The quantitative estimate of drug-likeness (QED) is 0.770. The van der Waals surface area contributed by atoms with Crippen molar-refractivity contribution < 1.29 is 15.0 Å². The van der Waals surface area contributed by atoms with Gasteiger partial charge in [0.15, 0.2) is 0 Å². The van der Waals surface area contributed by atoms with Crippen molar-refractivity contribution in [2.24, 2.45) is 29.1 Å². The fraction of sp³-hybridized carbons (Fsp3) is 0.812. The van der Waals surface area contributed by atoms with Crippen LogP contribution in [-0.4, -0.2) is 28.7 Å². The monoisotopic (exact) mass is 266 g/mol. The summed E-state index contributed by atoms with van der Waals surface area (Å²) in [6, 6.07) is 0. The third kappa shape index (κ3) is 2.27. The van der Waals surface area contributed by atoms with Crippen molar-refractivity contribution in [2.45, 2.75) is 46.1 Å². The molecule has 0 saturated heterocycles. The topological polar surface area (TPSA) is 57.5 Å². The fourth-order valence-corrected chi connectivity index (χ4v) is 4.03. The normalized spacial score (nSPS) is 45.8. The smallest absolute Gasteiger partial charge is 0.141 e. The van der Waals surface area contributed by atoms with E-state index >= 15 is 0 Å². The third-order valence-corrected chi connectivity index (χ3v) is 5.65. The van der Waals surface area contributed by atoms with Crippen molar-refractivity contribution >= 4 is 5.78 Å². The Labute approximate surface area is 115 Å². The van der Waals surface area contributed by atoms with Gasteiger partial charge in [-0.1, -0.05) is 32.9 Å². The molecule has 0 unspecified atom stereocenters. The van der Waals surface area contributed by atoms with Gasteiger partial charge in [-0.15, -0.1) is 0 Å². The summed E-state index contributed by atoms with van der Waals surface area (Å²) < 4.78 is 0. The van der Waals surface area contributed by atoms with Crippen LogP contribution in [0.15, 0.2) is 12.2 Å². The van der Waals surface area contributed by atoms with Crippen LogP contribution in [0.3, 0.4) is 0 Å². The second kappa shape index (κ2) is 5.37. The van der Waals surface area contributed by atoms with Crippen molar-refractivity contribution in [3.05, 3.63) is 12.2 Å². The van der Waals surface area contributed by atoms with E-state index in [2.05, 4.69) is 26.0 Å². The Kier molecular flexibility index (Phi) is 4.17. The first-order valence-electron chi connectivity index (χ1n) is 7.43. The summed E-state index contributed by atoms with van der Waals surface area (Å²) in [4.78, 5) is 12.5. The minimum absolute atomic E-state index is 0.0821. The summed E-state index contributed by atoms with van der Waals surface area (Å²) in [5.41, 5.74) is -0.441. The molecule has 3 heteroatoms. The minimum Gasteiger partial charge on any atom is -0.396 e. The van der Waals surface area contributed by atoms with Crippen LogP contribution in [0.1, 0.15) is 40.0 Å². The second-order valence-corrected chi connectivity index (χ2v) is 6.58. The largest absolute Gasteiger partial charge is 0.396 e. The van der Waals surface area contributed by atoms with Gasteiger partial charge in [0, 0.05) is 24.4 Å². The average Bonchev–Trinajstić information content (AvgIpc) is 2.38. The van der Waals surface area contributed by atoms with Crippen LogP contribution < -0.4 is 0 Å². The molecule has 2 N–H and O–H groups in total. The first-order chi connectivity index (χ1) is 8.92. The molecule has 0 heterocycles. The molecule has 108 valence electrons. The van der Waals surface area contributed by atoms with Crippen LogP contribution >= 0.6 is 0 Å². The summed E-state index contributed by atoms with van der Waals surface area (Å²) in [5, 5.41) is 19.5. The maximum Gasteiger partial charge on any atom is 0.141 e. The van der Waals surface area contributed by atoms with E-state index in [1.165, 1.54) is 0 Å². The summed E-state index contributed by atoms with van der Waals surface area (Å²) >= 11 is 0. The van der Waals surface area contributed by atoms with Gasteiger partial charge in [0.25, 0.3) is 0 Å². The first kappa shape index (κ1) is 14.7. The van der Waals surface area contributed by atoms with E-state index in [4.69, 9.17) is 5.11 Å². The SMILES string of the molecule is C[C@H]1CC[C@H]2[C@@H](C=C[C@H](C)[C@]2(C)C(=O)CCO)[C@@H]1O. The number of aliphatic hydroxyl groups excluding tert-OH is 2. The zero-order valence-corrected chi connectivity index (χ0v) is 12.2. The van der Waals surface area contributed by atoms with Crippen molar-refractivity contribution in [1.82, 2.24) is 0 Å². The van der Waals surface area contributed by atoms with Crippen LogP contribution in [0.4, 0.5) is 0 Å². The lowest BCUT2D eigenvalue weighted by Gasteiger charge is -2.51. The zero-order chi connectivity index (χ0) is 14.2. The van der Waals surface area contributed by atoms with E-state index in [9.17, 15) is 9.90 Å². The number of allylic oxidation sites excluding steroid dienone is 1. The fourth-order valence-electron chi connectivity index (χ4n) is 4.03. The van der Waals surface area contributed by atoms with Crippen LogP contribution in [-0.2, 0) is 4.79 Å². The van der Waals surface area contributed by atoms with Gasteiger partial charge in [0.1, 0.15) is 5.78 Å². The lowest BCUT2D eigenvalue weighted by Crippen LogP contribution is -2.52. The van der Waals surface area contributed by atoms with Crippen LogP contribution in [0.25, 0.3) is 0 Å². The molecule has 0 radical (unpaired) electrons. The van der Waals surface area contributed by atoms with Gasteiger partial charge in [0.2, 0.25) is 0 Å². The Hall–Kier alpha value is -0.670. The Morgan fingerprint density at radius 3 is 2.63 bits per heavy atom. The standard InChI is InChI=1S/C16H26O3/c1-10-4-7-13-12(15(10)19)6-5-11(2)16(13,3)14(18)8-9-17/h5-6,10-13,15,17,19H,4,7-9H2,1-3H3/t10-,11-,12+,13-,15+,16-/m0/s1. The Morgan fingerprint density at radius 2 is 2.00 bits per heavy atom. The number of Topliss-reactive ketones (excluding diaryl/α,β-unsaturated/α-hetero) is 1. The molecule has 0 aromatic rings. The van der Waals surface area contributed by atoms with Gasteiger partial charge < -0.3 is 10.2 Å². The molecule has 3 nitrogen and oxygen atoms in total. The predicted octanol–water partition coefficient (Wildman–Crippen LogP) is 2.17. The van der Waals surface area contributed by atoms with Crippen LogP contribution in [0.5, 0.6) is 0 Å². The van der Waals surface area contributed by atoms with Crippen molar-refractivity contribution in [3.8, 4) is 0 Å². The highest BCUT2D eigenvalue weighted by Crippen LogP contribution is 2.52. The molecule has 6 atom stereocenters.